The Balaban J connectivity index is 1.89. The Morgan fingerprint density at radius 2 is 1.85 bits per heavy atom. The number of likely N-dealkylation sites (N-methyl/N-ethyl adjacent to an activating group) is 1. The summed E-state index contributed by atoms with van der Waals surface area (Å²) in [5.41, 5.74) is 0.439. The Labute approximate surface area is 126 Å². The molecule has 1 aliphatic heterocycles. The smallest absolute Gasteiger partial charge is 0.0220 e. The van der Waals surface area contributed by atoms with Crippen molar-refractivity contribution in [1.29, 1.82) is 0 Å². The minimum atomic E-state index is 0.439. The summed E-state index contributed by atoms with van der Waals surface area (Å²) in [7, 11) is 4.46. The Morgan fingerprint density at radius 3 is 2.50 bits per heavy atom. The van der Waals surface area contributed by atoms with Gasteiger partial charge in [-0.1, -0.05) is 26.2 Å². The van der Waals surface area contributed by atoms with E-state index in [1.165, 1.54) is 77.5 Å². The summed E-state index contributed by atoms with van der Waals surface area (Å²) in [6, 6.07) is 0.764. The van der Waals surface area contributed by atoms with Crippen LogP contribution in [0, 0.1) is 0 Å². The zero-order valence-electron chi connectivity index (χ0n) is 14.0. The summed E-state index contributed by atoms with van der Waals surface area (Å²) in [5, 5.41) is 3.68. The molecule has 3 nitrogen and oxygen atoms in total. The van der Waals surface area contributed by atoms with Crippen LogP contribution in [-0.2, 0) is 0 Å². The molecule has 118 valence electrons. The molecule has 0 amide bonds. The van der Waals surface area contributed by atoms with Crippen LogP contribution >= 0.6 is 0 Å². The van der Waals surface area contributed by atoms with Crippen molar-refractivity contribution >= 4 is 0 Å². The first-order valence-electron chi connectivity index (χ1n) is 8.80. The third kappa shape index (κ3) is 4.19. The molecule has 2 fully saturated rings. The van der Waals surface area contributed by atoms with Gasteiger partial charge in [-0.3, -0.25) is 4.90 Å². The second-order valence-electron chi connectivity index (χ2n) is 7.05. The maximum absolute atomic E-state index is 3.68. The Morgan fingerprint density at radius 1 is 1.10 bits per heavy atom. The molecule has 1 atom stereocenters. The highest BCUT2D eigenvalue weighted by Crippen LogP contribution is 2.31. The average Bonchev–Trinajstić information content (AvgIpc) is 2.67. The van der Waals surface area contributed by atoms with Gasteiger partial charge in [0.1, 0.15) is 0 Å². The summed E-state index contributed by atoms with van der Waals surface area (Å²) in [6.07, 6.45) is 11.0. The van der Waals surface area contributed by atoms with Crippen LogP contribution in [0.1, 0.15) is 58.3 Å². The minimum absolute atomic E-state index is 0.439. The molecule has 1 saturated heterocycles. The van der Waals surface area contributed by atoms with Crippen LogP contribution in [0.5, 0.6) is 0 Å². The van der Waals surface area contributed by atoms with Gasteiger partial charge in [-0.25, -0.2) is 0 Å². The monoisotopic (exact) mass is 281 g/mol. The lowest BCUT2D eigenvalue weighted by molar-refractivity contribution is 0.143. The molecule has 1 aliphatic carbocycles. The molecule has 0 aromatic carbocycles. The van der Waals surface area contributed by atoms with Crippen molar-refractivity contribution in [2.45, 2.75) is 69.9 Å². The van der Waals surface area contributed by atoms with E-state index >= 15 is 0 Å². The first-order chi connectivity index (χ1) is 9.69. The van der Waals surface area contributed by atoms with Crippen LogP contribution in [0.3, 0.4) is 0 Å². The van der Waals surface area contributed by atoms with Crippen molar-refractivity contribution in [2.24, 2.45) is 0 Å². The SMILES string of the molecule is CCC1CN(C)CCCN1CCC1(NC)CCCCC1. The molecule has 1 N–H and O–H groups in total. The first-order valence-corrected chi connectivity index (χ1v) is 8.80. The molecule has 2 aliphatic rings. The molecule has 1 saturated carbocycles. The van der Waals surface area contributed by atoms with Crippen LogP contribution in [0.2, 0.25) is 0 Å². The highest BCUT2D eigenvalue weighted by Gasteiger charge is 2.31. The highest BCUT2D eigenvalue weighted by atomic mass is 15.2. The van der Waals surface area contributed by atoms with Crippen LogP contribution in [0.15, 0.2) is 0 Å². The molecular formula is C17H35N3. The zero-order chi connectivity index (χ0) is 14.4. The van der Waals surface area contributed by atoms with Crippen molar-refractivity contribution in [1.82, 2.24) is 15.1 Å². The fourth-order valence-electron chi connectivity index (χ4n) is 4.19. The molecule has 0 radical (unpaired) electrons. The fourth-order valence-corrected chi connectivity index (χ4v) is 4.19. The maximum atomic E-state index is 3.68. The van der Waals surface area contributed by atoms with Crippen LogP contribution in [-0.4, -0.2) is 61.7 Å². The largest absolute Gasteiger partial charge is 0.314 e. The summed E-state index contributed by atoms with van der Waals surface area (Å²) in [4.78, 5) is 5.29. The lowest BCUT2D eigenvalue weighted by atomic mass is 9.79. The van der Waals surface area contributed by atoms with Gasteiger partial charge in [0.2, 0.25) is 0 Å². The second-order valence-corrected chi connectivity index (χ2v) is 7.05. The Hall–Kier alpha value is -0.120. The number of nitrogens with one attached hydrogen (secondary N) is 1. The van der Waals surface area contributed by atoms with Gasteiger partial charge < -0.3 is 10.2 Å². The number of hydrogen-bond acceptors (Lipinski definition) is 3. The van der Waals surface area contributed by atoms with Gasteiger partial charge in [0, 0.05) is 24.7 Å². The van der Waals surface area contributed by atoms with E-state index in [0.29, 0.717) is 5.54 Å². The lowest BCUT2D eigenvalue weighted by Gasteiger charge is -2.40. The van der Waals surface area contributed by atoms with Gasteiger partial charge in [-0.05, 0) is 59.3 Å². The normalized spacial score (nSPS) is 29.2. The third-order valence-electron chi connectivity index (χ3n) is 5.71. The first kappa shape index (κ1) is 16.3. The Bertz CT molecular complexity index is 273. The predicted molar refractivity (Wildman–Crippen MR) is 87.3 cm³/mol. The van der Waals surface area contributed by atoms with Crippen LogP contribution < -0.4 is 5.32 Å². The van der Waals surface area contributed by atoms with Gasteiger partial charge in [-0.2, -0.15) is 0 Å². The Kier molecular flexibility index (Phi) is 6.31. The van der Waals surface area contributed by atoms with Crippen LogP contribution in [0.4, 0.5) is 0 Å². The minimum Gasteiger partial charge on any atom is -0.314 e. The molecular weight excluding hydrogens is 246 g/mol. The zero-order valence-corrected chi connectivity index (χ0v) is 14.0. The number of rotatable bonds is 5. The molecule has 3 heteroatoms. The second kappa shape index (κ2) is 7.77. The van der Waals surface area contributed by atoms with Gasteiger partial charge in [0.05, 0.1) is 0 Å². The highest BCUT2D eigenvalue weighted by molar-refractivity contribution is 4.91. The van der Waals surface area contributed by atoms with Crippen molar-refractivity contribution < 1.29 is 0 Å². The fraction of sp³-hybridized carbons (Fsp3) is 1.00. The van der Waals surface area contributed by atoms with E-state index in [9.17, 15) is 0 Å². The molecule has 0 aromatic heterocycles. The standard InChI is InChI=1S/C17H35N3/c1-4-16-15-19(3)12-8-13-20(16)14-11-17(18-2)9-6-5-7-10-17/h16,18H,4-15H2,1-3H3. The van der Waals surface area contributed by atoms with E-state index in [0.717, 1.165) is 6.04 Å². The van der Waals surface area contributed by atoms with Gasteiger partial charge in [0.15, 0.2) is 0 Å². The van der Waals surface area contributed by atoms with E-state index in [4.69, 9.17) is 0 Å². The van der Waals surface area contributed by atoms with Gasteiger partial charge in [-0.15, -0.1) is 0 Å². The number of hydrogen-bond donors (Lipinski definition) is 1. The molecule has 0 aromatic rings. The third-order valence-corrected chi connectivity index (χ3v) is 5.71. The molecule has 1 heterocycles. The van der Waals surface area contributed by atoms with E-state index in [1.807, 2.05) is 0 Å². The summed E-state index contributed by atoms with van der Waals surface area (Å²) in [6.45, 7) is 7.45. The quantitative estimate of drug-likeness (QED) is 0.836. The summed E-state index contributed by atoms with van der Waals surface area (Å²) < 4.78 is 0. The van der Waals surface area contributed by atoms with E-state index in [-0.39, 0.29) is 0 Å². The lowest BCUT2D eigenvalue weighted by Crippen LogP contribution is -2.49. The molecule has 1 unspecified atom stereocenters. The van der Waals surface area contributed by atoms with E-state index in [2.05, 4.69) is 36.1 Å². The molecule has 2 rings (SSSR count). The maximum Gasteiger partial charge on any atom is 0.0220 e. The topological polar surface area (TPSA) is 18.5 Å². The van der Waals surface area contributed by atoms with Gasteiger partial charge >= 0.3 is 0 Å². The average molecular weight is 281 g/mol. The van der Waals surface area contributed by atoms with Crippen molar-refractivity contribution in [3.63, 3.8) is 0 Å². The van der Waals surface area contributed by atoms with Crippen LogP contribution in [0.25, 0.3) is 0 Å². The predicted octanol–water partition coefficient (Wildman–Crippen LogP) is 2.71. The molecule has 20 heavy (non-hydrogen) atoms. The van der Waals surface area contributed by atoms with Crippen molar-refractivity contribution in [3.05, 3.63) is 0 Å². The molecule has 0 bridgehead atoms. The summed E-state index contributed by atoms with van der Waals surface area (Å²) in [5.74, 6) is 0. The van der Waals surface area contributed by atoms with E-state index < -0.39 is 0 Å². The number of nitrogens with zero attached hydrogens (tertiary/aromatic N) is 2. The van der Waals surface area contributed by atoms with Crippen molar-refractivity contribution in [3.8, 4) is 0 Å². The van der Waals surface area contributed by atoms with E-state index in [1.54, 1.807) is 0 Å². The van der Waals surface area contributed by atoms with Crippen molar-refractivity contribution in [2.75, 3.05) is 40.3 Å². The molecule has 0 spiro atoms. The summed E-state index contributed by atoms with van der Waals surface area (Å²) >= 11 is 0. The van der Waals surface area contributed by atoms with Gasteiger partial charge in [0.25, 0.3) is 0 Å².